The molecule has 3 aromatic rings. The lowest BCUT2D eigenvalue weighted by Gasteiger charge is -2.36. The lowest BCUT2D eigenvalue weighted by molar-refractivity contribution is -0.123. The Bertz CT molecular complexity index is 1510. The maximum Gasteiger partial charge on any atom is 0.238 e. The van der Waals surface area contributed by atoms with Crippen molar-refractivity contribution in [2.75, 3.05) is 30.5 Å². The van der Waals surface area contributed by atoms with Crippen LogP contribution >= 0.6 is 0 Å². The van der Waals surface area contributed by atoms with Crippen LogP contribution < -0.4 is 10.2 Å². The van der Waals surface area contributed by atoms with Crippen LogP contribution in [-0.2, 0) is 14.3 Å². The number of anilines is 3. The quantitative estimate of drug-likeness (QED) is 0.153. The second kappa shape index (κ2) is 14.0. The summed E-state index contributed by atoms with van der Waals surface area (Å²) in [6.07, 6.45) is 3.22. The van der Waals surface area contributed by atoms with Crippen LogP contribution in [0.3, 0.4) is 0 Å². The Hall–Kier alpha value is -4.24. The Morgan fingerprint density at radius 3 is 2.32 bits per heavy atom. The SMILES string of the molecule is CC/C(=C\c1ccc(O)cc1)CC[C@@H](O)C1=C(COC)C[C@H]2C(=O)N(c3ccc(Nc4ccccc4)cc3)C(=O)[C@H]2[C@H]1CO. The fourth-order valence-corrected chi connectivity index (χ4v) is 6.54. The molecule has 1 aliphatic heterocycles. The molecule has 5 rings (SSSR count). The average molecular weight is 597 g/mol. The molecule has 1 heterocycles. The number of methoxy groups -OCH3 is 1. The molecule has 0 saturated carbocycles. The monoisotopic (exact) mass is 596 g/mol. The van der Waals surface area contributed by atoms with Crippen LogP contribution in [0.4, 0.5) is 17.1 Å². The molecule has 0 bridgehead atoms. The summed E-state index contributed by atoms with van der Waals surface area (Å²) in [6.45, 7) is 1.90. The van der Waals surface area contributed by atoms with E-state index in [1.54, 1.807) is 31.4 Å². The largest absolute Gasteiger partial charge is 0.508 e. The maximum atomic E-state index is 13.9. The van der Waals surface area contributed by atoms with E-state index < -0.39 is 23.9 Å². The minimum Gasteiger partial charge on any atom is -0.508 e. The first-order valence-corrected chi connectivity index (χ1v) is 15.1. The predicted molar refractivity (Wildman–Crippen MR) is 171 cm³/mol. The summed E-state index contributed by atoms with van der Waals surface area (Å²) in [4.78, 5) is 28.8. The number of aliphatic hydroxyl groups excluding tert-OH is 2. The number of ether oxygens (including phenoxy) is 1. The van der Waals surface area contributed by atoms with Crippen LogP contribution in [0, 0.1) is 17.8 Å². The number of aromatic hydroxyl groups is 1. The molecule has 1 fully saturated rings. The van der Waals surface area contributed by atoms with Crippen molar-refractivity contribution in [2.24, 2.45) is 17.8 Å². The van der Waals surface area contributed by atoms with E-state index in [-0.39, 0.29) is 30.8 Å². The van der Waals surface area contributed by atoms with Crippen molar-refractivity contribution in [3.63, 3.8) is 0 Å². The molecule has 8 nitrogen and oxygen atoms in total. The molecular weight excluding hydrogens is 556 g/mol. The van der Waals surface area contributed by atoms with E-state index in [1.165, 1.54) is 4.90 Å². The minimum absolute atomic E-state index is 0.203. The highest BCUT2D eigenvalue weighted by Crippen LogP contribution is 2.47. The number of carbonyl (C=O) groups is 2. The molecule has 0 aromatic heterocycles. The topological polar surface area (TPSA) is 119 Å². The summed E-state index contributed by atoms with van der Waals surface area (Å²) in [7, 11) is 1.56. The zero-order valence-electron chi connectivity index (χ0n) is 25.1. The molecule has 8 heteroatoms. The van der Waals surface area contributed by atoms with Gasteiger partial charge < -0.3 is 25.4 Å². The van der Waals surface area contributed by atoms with Gasteiger partial charge in [0.1, 0.15) is 5.75 Å². The number of aliphatic hydroxyl groups is 2. The van der Waals surface area contributed by atoms with Crippen molar-refractivity contribution in [1.82, 2.24) is 0 Å². The van der Waals surface area contributed by atoms with Gasteiger partial charge in [0, 0.05) is 24.4 Å². The third kappa shape index (κ3) is 6.63. The van der Waals surface area contributed by atoms with Gasteiger partial charge in [0.2, 0.25) is 11.8 Å². The Morgan fingerprint density at radius 1 is 1.00 bits per heavy atom. The number of rotatable bonds is 12. The highest BCUT2D eigenvalue weighted by atomic mass is 16.5. The van der Waals surface area contributed by atoms with Gasteiger partial charge in [-0.2, -0.15) is 0 Å². The molecule has 4 N–H and O–H groups in total. The Morgan fingerprint density at radius 2 is 1.68 bits per heavy atom. The molecule has 1 saturated heterocycles. The van der Waals surface area contributed by atoms with Gasteiger partial charge in [-0.25, -0.2) is 0 Å². The number of hydrogen-bond acceptors (Lipinski definition) is 7. The van der Waals surface area contributed by atoms with E-state index in [0.717, 1.165) is 34.5 Å². The molecule has 230 valence electrons. The smallest absolute Gasteiger partial charge is 0.238 e. The number of benzene rings is 3. The van der Waals surface area contributed by atoms with Crippen LogP contribution in [0.15, 0.2) is 95.6 Å². The van der Waals surface area contributed by atoms with Gasteiger partial charge in [0.25, 0.3) is 0 Å². The standard InChI is InChI=1S/C36H40N2O6/c1-3-23(19-24-9-16-29(40)17-10-24)11-18-32(41)33-25(22-44-2)20-30-34(31(33)21-39)36(43)38(35(30)42)28-14-12-27(13-15-28)37-26-7-5-4-6-8-26/h4-10,12-17,19,30-32,34,37,39-41H,3,11,18,20-22H2,1-2H3/b23-19+/t30-,31+,32-,34-/m1/s1. The lowest BCUT2D eigenvalue weighted by atomic mass is 9.68. The Balaban J connectivity index is 1.35. The molecule has 0 radical (unpaired) electrons. The van der Waals surface area contributed by atoms with Crippen LogP contribution in [0.2, 0.25) is 0 Å². The van der Waals surface area contributed by atoms with Gasteiger partial charge in [-0.05, 0) is 90.9 Å². The van der Waals surface area contributed by atoms with E-state index >= 15 is 0 Å². The zero-order chi connectivity index (χ0) is 31.2. The number of phenols is 1. The van der Waals surface area contributed by atoms with Crippen molar-refractivity contribution < 1.29 is 29.6 Å². The first-order chi connectivity index (χ1) is 21.3. The molecule has 0 spiro atoms. The number of amides is 2. The first kappa shape index (κ1) is 31.2. The third-order valence-corrected chi connectivity index (χ3v) is 8.70. The number of nitrogens with one attached hydrogen (secondary N) is 1. The number of imide groups is 1. The van der Waals surface area contributed by atoms with Crippen molar-refractivity contribution in [2.45, 2.75) is 38.7 Å². The Labute approximate surface area is 258 Å². The van der Waals surface area contributed by atoms with E-state index in [9.17, 15) is 24.9 Å². The van der Waals surface area contributed by atoms with E-state index in [0.29, 0.717) is 30.5 Å². The van der Waals surface area contributed by atoms with E-state index in [1.807, 2.05) is 54.6 Å². The molecule has 0 unspecified atom stereocenters. The lowest BCUT2D eigenvalue weighted by Crippen LogP contribution is -2.39. The number of phenolic OH excluding ortho intramolecular Hbond substituents is 1. The first-order valence-electron chi connectivity index (χ1n) is 15.1. The highest BCUT2D eigenvalue weighted by Gasteiger charge is 2.55. The molecule has 1 aliphatic carbocycles. The molecule has 4 atom stereocenters. The van der Waals surface area contributed by atoms with Crippen LogP contribution in [-0.4, -0.2) is 53.6 Å². The Kier molecular flexibility index (Phi) is 9.95. The summed E-state index contributed by atoms with van der Waals surface area (Å²) in [6, 6.07) is 23.8. The van der Waals surface area contributed by atoms with E-state index in [2.05, 4.69) is 18.3 Å². The van der Waals surface area contributed by atoms with Crippen molar-refractivity contribution in [3.8, 4) is 5.75 Å². The van der Waals surface area contributed by atoms with Crippen LogP contribution in [0.5, 0.6) is 5.75 Å². The number of hydrogen-bond donors (Lipinski definition) is 4. The van der Waals surface area contributed by atoms with Gasteiger partial charge in [-0.1, -0.05) is 48.9 Å². The molecule has 3 aromatic carbocycles. The number of fused-ring (bicyclic) bond motifs is 1. The average Bonchev–Trinajstić information content (AvgIpc) is 3.29. The van der Waals surface area contributed by atoms with Crippen molar-refractivity contribution in [1.29, 1.82) is 0 Å². The number of carbonyl (C=O) groups excluding carboxylic acids is 2. The summed E-state index contributed by atoms with van der Waals surface area (Å²) in [5, 5.41) is 35.0. The van der Waals surface area contributed by atoms with Gasteiger partial charge >= 0.3 is 0 Å². The predicted octanol–water partition coefficient (Wildman–Crippen LogP) is 5.83. The number of nitrogens with zero attached hydrogens (tertiary/aromatic N) is 1. The fraction of sp³-hybridized carbons (Fsp3) is 0.333. The molecule has 44 heavy (non-hydrogen) atoms. The number of allylic oxidation sites excluding steroid dienone is 1. The normalized spacial score (nSPS) is 21.0. The minimum atomic E-state index is -0.909. The maximum absolute atomic E-state index is 13.9. The fourth-order valence-electron chi connectivity index (χ4n) is 6.54. The summed E-state index contributed by atoms with van der Waals surface area (Å²) >= 11 is 0. The second-order valence-corrected chi connectivity index (χ2v) is 11.5. The van der Waals surface area contributed by atoms with Gasteiger partial charge in [-0.15, -0.1) is 0 Å². The summed E-state index contributed by atoms with van der Waals surface area (Å²) < 4.78 is 5.47. The number of para-hydroxylation sites is 1. The molecular formula is C36H40N2O6. The molecule has 2 aliphatic rings. The molecule has 2 amide bonds. The van der Waals surface area contributed by atoms with Crippen molar-refractivity contribution >= 4 is 35.0 Å². The van der Waals surface area contributed by atoms with Crippen molar-refractivity contribution in [3.05, 3.63) is 101 Å². The van der Waals surface area contributed by atoms with Crippen LogP contribution in [0.25, 0.3) is 6.08 Å². The van der Waals surface area contributed by atoms with Gasteiger partial charge in [0.15, 0.2) is 0 Å². The van der Waals surface area contributed by atoms with Gasteiger partial charge in [0.05, 0.1) is 36.8 Å². The van der Waals surface area contributed by atoms with E-state index in [4.69, 9.17) is 4.74 Å². The zero-order valence-corrected chi connectivity index (χ0v) is 25.1. The highest BCUT2D eigenvalue weighted by molar-refractivity contribution is 6.22. The summed E-state index contributed by atoms with van der Waals surface area (Å²) in [5.41, 5.74) is 5.70. The summed E-state index contributed by atoms with van der Waals surface area (Å²) in [5.74, 6) is -2.54. The third-order valence-electron chi connectivity index (χ3n) is 8.70. The second-order valence-electron chi connectivity index (χ2n) is 11.5. The van der Waals surface area contributed by atoms with Gasteiger partial charge in [-0.3, -0.25) is 14.5 Å². The van der Waals surface area contributed by atoms with Crippen LogP contribution in [0.1, 0.15) is 38.2 Å².